The number of nitrogens with zero attached hydrogens (tertiary/aromatic N) is 2. The van der Waals surface area contributed by atoms with E-state index in [1.807, 2.05) is 48.9 Å². The fourth-order valence-corrected chi connectivity index (χ4v) is 3.16. The summed E-state index contributed by atoms with van der Waals surface area (Å²) in [5.74, 6) is -0.871. The summed E-state index contributed by atoms with van der Waals surface area (Å²) in [5, 5.41) is 4.58. The Morgan fingerprint density at radius 1 is 1.06 bits per heavy atom. The highest BCUT2D eigenvalue weighted by Crippen LogP contribution is 2.19. The van der Waals surface area contributed by atoms with Gasteiger partial charge in [0.2, 0.25) is 5.91 Å². The molecule has 2 amide bonds. The number of aromatic nitrogens is 2. The van der Waals surface area contributed by atoms with Crippen molar-refractivity contribution in [3.63, 3.8) is 0 Å². The largest absolute Gasteiger partial charge is 0.481 e. The van der Waals surface area contributed by atoms with Crippen LogP contribution in [0.2, 0.25) is 0 Å². The van der Waals surface area contributed by atoms with Crippen LogP contribution >= 0.6 is 0 Å². The van der Waals surface area contributed by atoms with Gasteiger partial charge in [0.25, 0.3) is 5.91 Å². The summed E-state index contributed by atoms with van der Waals surface area (Å²) in [6.45, 7) is 5.42. The molecule has 2 aromatic carbocycles. The third-order valence-corrected chi connectivity index (χ3v) is 4.86. The molecule has 0 aliphatic rings. The molecule has 0 bridgehead atoms. The minimum atomic E-state index is -0.862. The Balaban J connectivity index is 1.49. The van der Waals surface area contributed by atoms with E-state index in [0.29, 0.717) is 12.2 Å². The topological polar surface area (TPSA) is 85.3 Å². The molecule has 0 saturated heterocycles. The molecule has 2 N–H and O–H groups in total. The minimum absolute atomic E-state index is 0.190. The predicted octanol–water partition coefficient (Wildman–Crippen LogP) is 3.18. The van der Waals surface area contributed by atoms with Crippen molar-refractivity contribution >= 4 is 11.8 Å². The zero-order chi connectivity index (χ0) is 22.4. The van der Waals surface area contributed by atoms with Crippen molar-refractivity contribution in [2.45, 2.75) is 39.7 Å². The summed E-state index contributed by atoms with van der Waals surface area (Å²) >= 11 is 0. The van der Waals surface area contributed by atoms with Gasteiger partial charge < -0.3 is 4.74 Å². The molecule has 31 heavy (non-hydrogen) atoms. The monoisotopic (exact) mass is 424 g/mol. The van der Waals surface area contributed by atoms with Crippen LogP contribution < -0.4 is 15.6 Å². The van der Waals surface area contributed by atoms with E-state index < -0.39 is 17.8 Å². The third-order valence-electron chi connectivity index (χ3n) is 4.86. The number of carbonyl (C=O) groups excluding carboxylic acids is 2. The third kappa shape index (κ3) is 5.69. The highest BCUT2D eigenvalue weighted by atomic mass is 19.1. The van der Waals surface area contributed by atoms with Crippen LogP contribution in [0.4, 0.5) is 4.39 Å². The molecule has 0 aliphatic heterocycles. The highest BCUT2D eigenvalue weighted by molar-refractivity contribution is 5.84. The summed E-state index contributed by atoms with van der Waals surface area (Å²) in [5.41, 5.74) is 8.54. The van der Waals surface area contributed by atoms with Gasteiger partial charge in [-0.2, -0.15) is 5.10 Å². The first-order valence-electron chi connectivity index (χ1n) is 9.96. The molecule has 7 nitrogen and oxygen atoms in total. The van der Waals surface area contributed by atoms with E-state index in [2.05, 4.69) is 16.0 Å². The molecule has 1 aromatic heterocycles. The predicted molar refractivity (Wildman–Crippen MR) is 114 cm³/mol. The van der Waals surface area contributed by atoms with Gasteiger partial charge in [-0.1, -0.05) is 18.2 Å². The number of para-hydroxylation sites is 1. The number of aryl methyl sites for hydroxylation is 1. The van der Waals surface area contributed by atoms with Gasteiger partial charge in [0.15, 0.2) is 6.10 Å². The van der Waals surface area contributed by atoms with Gasteiger partial charge >= 0.3 is 0 Å². The smallest absolute Gasteiger partial charge is 0.279 e. The highest BCUT2D eigenvalue weighted by Gasteiger charge is 2.17. The lowest BCUT2D eigenvalue weighted by molar-refractivity contribution is -0.132. The molecular weight excluding hydrogens is 399 g/mol. The Hall–Kier alpha value is -3.68. The molecule has 0 aliphatic carbocycles. The van der Waals surface area contributed by atoms with Gasteiger partial charge in [-0.25, -0.2) is 9.07 Å². The Kier molecular flexibility index (Phi) is 7.02. The molecule has 3 rings (SSSR count). The number of nitrogens with one attached hydrogen (secondary N) is 2. The number of hydrogen-bond donors (Lipinski definition) is 2. The van der Waals surface area contributed by atoms with E-state index in [1.54, 1.807) is 0 Å². The standard InChI is InChI=1S/C23H25FN4O3/c1-15-21(16(2)28(27-15)19-7-5-4-6-8-19)13-14-22(29)25-26-23(30)17(3)31-20-11-9-18(24)10-12-20/h4-12,17H,13-14H2,1-3H3,(H,25,29)(H,26,30)/t17-/m0/s1. The SMILES string of the molecule is Cc1nn(-c2ccccc2)c(C)c1CCC(=O)NNC(=O)[C@H](C)Oc1ccc(F)cc1. The molecule has 0 unspecified atom stereocenters. The Morgan fingerprint density at radius 3 is 2.42 bits per heavy atom. The van der Waals surface area contributed by atoms with Crippen LogP contribution in [0.15, 0.2) is 54.6 Å². The van der Waals surface area contributed by atoms with Crippen LogP contribution in [0, 0.1) is 19.7 Å². The van der Waals surface area contributed by atoms with Crippen LogP contribution in [-0.2, 0) is 16.0 Å². The number of halogens is 1. The molecule has 0 fully saturated rings. The first-order valence-corrected chi connectivity index (χ1v) is 9.96. The lowest BCUT2D eigenvalue weighted by Gasteiger charge is -2.15. The van der Waals surface area contributed by atoms with Crippen molar-refractivity contribution in [1.82, 2.24) is 20.6 Å². The number of hydrazine groups is 1. The van der Waals surface area contributed by atoms with Crippen molar-refractivity contribution in [1.29, 1.82) is 0 Å². The number of rotatable bonds is 7. The zero-order valence-corrected chi connectivity index (χ0v) is 17.7. The van der Waals surface area contributed by atoms with Crippen molar-refractivity contribution in [3.8, 4) is 11.4 Å². The van der Waals surface area contributed by atoms with Gasteiger partial charge in [0.1, 0.15) is 11.6 Å². The number of carbonyl (C=O) groups is 2. The maximum absolute atomic E-state index is 12.9. The average Bonchev–Trinajstić information content (AvgIpc) is 3.06. The fourth-order valence-electron chi connectivity index (χ4n) is 3.16. The van der Waals surface area contributed by atoms with Crippen LogP contribution in [0.25, 0.3) is 5.69 Å². The number of amides is 2. The van der Waals surface area contributed by atoms with Crippen LogP contribution in [-0.4, -0.2) is 27.7 Å². The molecule has 3 aromatic rings. The maximum Gasteiger partial charge on any atom is 0.279 e. The Bertz CT molecular complexity index is 1050. The van der Waals surface area contributed by atoms with Gasteiger partial charge in [-0.05, 0) is 69.2 Å². The van der Waals surface area contributed by atoms with Crippen LogP contribution in [0.5, 0.6) is 5.75 Å². The summed E-state index contributed by atoms with van der Waals surface area (Å²) in [7, 11) is 0. The molecule has 0 radical (unpaired) electrons. The van der Waals surface area contributed by atoms with E-state index in [0.717, 1.165) is 22.6 Å². The molecule has 0 spiro atoms. The first kappa shape index (κ1) is 22.0. The lowest BCUT2D eigenvalue weighted by Crippen LogP contribution is -2.47. The summed E-state index contributed by atoms with van der Waals surface area (Å²) in [6.07, 6.45) is -0.178. The Labute approximate surface area is 180 Å². The second kappa shape index (κ2) is 9.88. The second-order valence-corrected chi connectivity index (χ2v) is 7.15. The fraction of sp³-hybridized carbons (Fsp3) is 0.261. The van der Waals surface area contributed by atoms with E-state index in [9.17, 15) is 14.0 Å². The number of ether oxygens (including phenoxy) is 1. The molecule has 1 atom stereocenters. The van der Waals surface area contributed by atoms with Crippen LogP contribution in [0.3, 0.4) is 0 Å². The maximum atomic E-state index is 12.9. The molecule has 8 heteroatoms. The van der Waals surface area contributed by atoms with Gasteiger partial charge in [0, 0.05) is 12.1 Å². The quantitative estimate of drug-likeness (QED) is 0.571. The summed E-state index contributed by atoms with van der Waals surface area (Å²) < 4.78 is 20.2. The molecule has 0 saturated carbocycles. The molecule has 162 valence electrons. The van der Waals surface area contributed by atoms with E-state index in [4.69, 9.17) is 4.74 Å². The Morgan fingerprint density at radius 2 is 1.74 bits per heavy atom. The molecular formula is C23H25FN4O3. The normalized spacial score (nSPS) is 11.6. The number of hydrogen-bond acceptors (Lipinski definition) is 4. The number of benzene rings is 2. The lowest BCUT2D eigenvalue weighted by atomic mass is 10.1. The minimum Gasteiger partial charge on any atom is -0.481 e. The summed E-state index contributed by atoms with van der Waals surface area (Å²) in [4.78, 5) is 24.3. The van der Waals surface area contributed by atoms with Gasteiger partial charge in [0.05, 0.1) is 11.4 Å². The van der Waals surface area contributed by atoms with E-state index in [1.165, 1.54) is 31.2 Å². The van der Waals surface area contributed by atoms with Crippen LogP contribution in [0.1, 0.15) is 30.3 Å². The first-order chi connectivity index (χ1) is 14.8. The van der Waals surface area contributed by atoms with Gasteiger partial charge in [-0.15, -0.1) is 0 Å². The van der Waals surface area contributed by atoms with Crippen molar-refractivity contribution in [2.24, 2.45) is 0 Å². The molecule has 1 heterocycles. The van der Waals surface area contributed by atoms with Crippen molar-refractivity contribution in [2.75, 3.05) is 0 Å². The van der Waals surface area contributed by atoms with Gasteiger partial charge in [-0.3, -0.25) is 20.4 Å². The van der Waals surface area contributed by atoms with E-state index >= 15 is 0 Å². The van der Waals surface area contributed by atoms with Crippen molar-refractivity contribution < 1.29 is 18.7 Å². The van der Waals surface area contributed by atoms with Crippen molar-refractivity contribution in [3.05, 3.63) is 77.4 Å². The average molecular weight is 424 g/mol. The zero-order valence-electron chi connectivity index (χ0n) is 17.7. The van der Waals surface area contributed by atoms with E-state index in [-0.39, 0.29) is 12.3 Å². The second-order valence-electron chi connectivity index (χ2n) is 7.15. The summed E-state index contributed by atoms with van der Waals surface area (Å²) in [6, 6.07) is 15.1.